The summed E-state index contributed by atoms with van der Waals surface area (Å²) in [6, 6.07) is 7.41. The highest BCUT2D eigenvalue weighted by molar-refractivity contribution is 5.95. The van der Waals surface area contributed by atoms with Crippen LogP contribution in [0.5, 0.6) is 0 Å². The molecule has 1 aliphatic rings. The second kappa shape index (κ2) is 117. The fourth-order valence-corrected chi connectivity index (χ4v) is 11.6. The molecule has 51 nitrogen and oxygen atoms in total. The highest BCUT2D eigenvalue weighted by Crippen LogP contribution is 2.20. The summed E-state index contributed by atoms with van der Waals surface area (Å²) in [5.74, 6) is 8.70. The molecular weight excluding hydrogens is 1960 g/mol. The van der Waals surface area contributed by atoms with Crippen molar-refractivity contribution in [2.75, 3.05) is 522 Å². The molecule has 0 bridgehead atoms. The number of fused-ring (bicyclic) bond motifs is 1. The molecule has 0 atom stereocenters. The normalized spacial score (nSPS) is 12.3. The van der Waals surface area contributed by atoms with Crippen LogP contribution in [0.1, 0.15) is 41.6 Å². The standard InChI is InChI=1S/C96H180N6O45/c97-145-84-82-140-80-78-138-76-74-136-72-70-134-68-66-132-64-62-129-57-53-125-49-45-121-41-37-117-33-29-113-25-21-109-17-9-99-92(104)6-15-143-88-96(87-142-13-3-12-103,89-144-16-7-93(105)100-10-18-110-22-26-114-30-34-118-38-42-122-46-50-126-54-58-130-63-65-133-67-69-135-71-73-137-75-77-139-79-81-141-83-85-146-98)101-94(106)8-14-108-20-24-112-28-32-116-36-40-120-44-48-124-52-56-128-60-61-131-59-55-127-51-47-123-43-39-119-35-31-115-27-23-111-19-11-102-95(107)91-5-2-1-4-90(91)86-147-102/h1-2,4-5,12H,3,6-11,13-89,97-98H2,(H,99,104)(H,100,105)(H,101,106). The van der Waals surface area contributed by atoms with E-state index in [1.807, 2.05) is 18.2 Å². The van der Waals surface area contributed by atoms with Crippen molar-refractivity contribution < 1.29 is 214 Å². The molecule has 1 aliphatic heterocycles. The summed E-state index contributed by atoms with van der Waals surface area (Å²) in [6.45, 7) is 29.0. The van der Waals surface area contributed by atoms with Crippen LogP contribution in [0.3, 0.4) is 0 Å². The van der Waals surface area contributed by atoms with Crippen LogP contribution >= 0.6 is 0 Å². The van der Waals surface area contributed by atoms with E-state index < -0.39 is 11.4 Å². The first-order valence-electron chi connectivity index (χ1n) is 51.1. The van der Waals surface area contributed by atoms with Crippen LogP contribution in [0.4, 0.5) is 0 Å². The molecule has 0 fully saturated rings. The van der Waals surface area contributed by atoms with Gasteiger partial charge >= 0.3 is 0 Å². The molecule has 1 aromatic carbocycles. The molecule has 0 aromatic heterocycles. The number of hydroxylamine groups is 2. The summed E-state index contributed by atoms with van der Waals surface area (Å²) in [4.78, 5) is 77.6. The largest absolute Gasteiger partial charge is 0.379 e. The Morgan fingerprint density at radius 3 is 0.694 bits per heavy atom. The minimum atomic E-state index is -1.31. The average molecular weight is 2140 g/mol. The molecule has 0 unspecified atom stereocenters. The third kappa shape index (κ3) is 101. The first kappa shape index (κ1) is 138. The molecule has 2 rings (SSSR count). The van der Waals surface area contributed by atoms with Crippen molar-refractivity contribution in [1.82, 2.24) is 21.0 Å². The quantitative estimate of drug-likeness (QED) is 0.0291. The number of rotatable bonds is 127. The third-order valence-electron chi connectivity index (χ3n) is 19.0. The fraction of sp³-hybridized carbons (Fsp3) is 0.885. The highest BCUT2D eigenvalue weighted by Gasteiger charge is 2.34. The maximum Gasteiger partial charge on any atom is 0.277 e. The zero-order chi connectivity index (χ0) is 105. The number of carbonyl (C=O) groups is 5. The van der Waals surface area contributed by atoms with Crippen molar-refractivity contribution in [3.05, 3.63) is 35.4 Å². The van der Waals surface area contributed by atoms with Gasteiger partial charge in [0.15, 0.2) is 0 Å². The van der Waals surface area contributed by atoms with Crippen molar-refractivity contribution in [2.45, 2.75) is 37.8 Å². The lowest BCUT2D eigenvalue weighted by molar-refractivity contribution is -0.148. The predicted octanol–water partition coefficient (Wildman–Crippen LogP) is -1.18. The fourth-order valence-electron chi connectivity index (χ4n) is 11.6. The first-order chi connectivity index (χ1) is 72.8. The lowest BCUT2D eigenvalue weighted by atomic mass is 10.0. The Bertz CT molecular complexity index is 2810. The highest BCUT2D eigenvalue weighted by atomic mass is 16.7. The SMILES string of the molecule is NOCCOCCOCCOCCOCCOCCOCCOCCOCCOCCOCCOCCNC(=O)CCOCC(COCCC=O)(COCCC(=O)NCCOCCOCCOCCOCCOCCOCCOCCOCCOCCOCCOCCON)NC(=O)CCOCCOCCOCCOCCOCCOCCOCCOCCOCCOCCOCCOCCN1OCc2ccccc2C1=O. The van der Waals surface area contributed by atoms with Crippen LogP contribution in [-0.2, 0) is 216 Å². The number of amides is 4. The number of carbonyl (C=O) groups excluding carboxylic acids is 5. The maximum absolute atomic E-state index is 13.6. The summed E-state index contributed by atoms with van der Waals surface area (Å²) >= 11 is 0. The van der Waals surface area contributed by atoms with Gasteiger partial charge in [0.1, 0.15) is 18.4 Å². The lowest BCUT2D eigenvalue weighted by Gasteiger charge is -2.34. The molecule has 0 radical (unpaired) electrons. The summed E-state index contributed by atoms with van der Waals surface area (Å²) in [7, 11) is 0. The third-order valence-corrected chi connectivity index (χ3v) is 19.0. The number of ether oxygens (including phenoxy) is 37. The van der Waals surface area contributed by atoms with E-state index in [2.05, 4.69) is 25.6 Å². The molecule has 1 aromatic rings. The van der Waals surface area contributed by atoms with E-state index >= 15 is 0 Å². The molecule has 4 amide bonds. The van der Waals surface area contributed by atoms with Gasteiger partial charge in [-0.1, -0.05) is 18.2 Å². The van der Waals surface area contributed by atoms with E-state index in [0.717, 1.165) is 5.56 Å². The van der Waals surface area contributed by atoms with Crippen molar-refractivity contribution in [2.24, 2.45) is 11.8 Å². The Morgan fingerprint density at radius 1 is 0.259 bits per heavy atom. The van der Waals surface area contributed by atoms with Crippen LogP contribution in [0.2, 0.25) is 0 Å². The van der Waals surface area contributed by atoms with Gasteiger partial charge in [-0.05, 0) is 11.6 Å². The first-order valence-corrected chi connectivity index (χ1v) is 51.1. The summed E-state index contributed by atoms with van der Waals surface area (Å²) < 4.78 is 206. The van der Waals surface area contributed by atoms with Gasteiger partial charge in [0.05, 0.1) is 509 Å². The maximum atomic E-state index is 13.6. The van der Waals surface area contributed by atoms with Gasteiger partial charge in [-0.25, -0.2) is 16.9 Å². The summed E-state index contributed by atoms with van der Waals surface area (Å²) in [5, 5.41) is 9.94. The van der Waals surface area contributed by atoms with Gasteiger partial charge in [-0.2, -0.15) is 0 Å². The molecule has 864 valence electrons. The second-order valence-corrected chi connectivity index (χ2v) is 30.8. The minimum absolute atomic E-state index is 0.0168. The Balaban J connectivity index is 1.55. The predicted molar refractivity (Wildman–Crippen MR) is 524 cm³/mol. The molecule has 0 saturated carbocycles. The number of hydrogen-bond donors (Lipinski definition) is 5. The number of nitrogens with two attached hydrogens (primary N) is 2. The minimum Gasteiger partial charge on any atom is -0.379 e. The van der Waals surface area contributed by atoms with Gasteiger partial charge in [-0.15, -0.1) is 0 Å². The molecule has 51 heteroatoms. The summed E-state index contributed by atoms with van der Waals surface area (Å²) in [5.41, 5.74) is 0.230. The van der Waals surface area contributed by atoms with Crippen LogP contribution in [0.25, 0.3) is 0 Å². The van der Waals surface area contributed by atoms with Gasteiger partial charge in [-0.3, -0.25) is 24.0 Å². The lowest BCUT2D eigenvalue weighted by Crippen LogP contribution is -2.59. The molecule has 0 saturated heterocycles. The van der Waals surface area contributed by atoms with E-state index in [1.54, 1.807) is 6.07 Å². The molecule has 0 aliphatic carbocycles. The Morgan fingerprint density at radius 2 is 0.456 bits per heavy atom. The molecular formula is C96H180N6O45. The van der Waals surface area contributed by atoms with Gasteiger partial charge < -0.3 is 206 Å². The van der Waals surface area contributed by atoms with Crippen molar-refractivity contribution in [3.8, 4) is 0 Å². The summed E-state index contributed by atoms with van der Waals surface area (Å²) in [6.07, 6.45) is 0.720. The van der Waals surface area contributed by atoms with Gasteiger partial charge in [0, 0.05) is 44.3 Å². The Kier molecular flexibility index (Phi) is 110. The van der Waals surface area contributed by atoms with E-state index in [0.29, 0.717) is 454 Å². The number of nitrogens with one attached hydrogen (secondary N) is 3. The van der Waals surface area contributed by atoms with E-state index in [-0.39, 0.29) is 129 Å². The average Bonchev–Trinajstić information content (AvgIpc) is 0.807. The monoisotopic (exact) mass is 2140 g/mol. The zero-order valence-corrected chi connectivity index (χ0v) is 87.3. The van der Waals surface area contributed by atoms with Crippen molar-refractivity contribution >= 4 is 29.9 Å². The van der Waals surface area contributed by atoms with E-state index in [1.165, 1.54) is 5.06 Å². The van der Waals surface area contributed by atoms with Gasteiger partial charge in [0.25, 0.3) is 5.91 Å². The number of nitrogens with zero attached hydrogens (tertiary/aromatic N) is 1. The van der Waals surface area contributed by atoms with E-state index in [9.17, 15) is 24.0 Å². The molecule has 7 N–H and O–H groups in total. The smallest absolute Gasteiger partial charge is 0.277 e. The molecule has 1 heterocycles. The Hall–Kier alpha value is -4.91. The van der Waals surface area contributed by atoms with E-state index in [4.69, 9.17) is 192 Å². The number of hydrogen-bond acceptors (Lipinski definition) is 47. The topological polar surface area (TPSA) is 546 Å². The van der Waals surface area contributed by atoms with Crippen LogP contribution in [0.15, 0.2) is 24.3 Å². The van der Waals surface area contributed by atoms with Crippen LogP contribution < -0.4 is 27.7 Å². The molecule has 0 spiro atoms. The van der Waals surface area contributed by atoms with Crippen LogP contribution in [0, 0.1) is 0 Å². The molecule has 147 heavy (non-hydrogen) atoms. The van der Waals surface area contributed by atoms with Crippen molar-refractivity contribution in [1.29, 1.82) is 0 Å². The van der Waals surface area contributed by atoms with Crippen molar-refractivity contribution in [3.63, 3.8) is 0 Å². The second-order valence-electron chi connectivity index (χ2n) is 30.8. The van der Waals surface area contributed by atoms with Crippen LogP contribution in [-0.4, -0.2) is 562 Å². The van der Waals surface area contributed by atoms with Gasteiger partial charge in [0.2, 0.25) is 17.7 Å². The number of aldehydes is 1. The zero-order valence-electron chi connectivity index (χ0n) is 87.3. The Labute approximate surface area is 868 Å². The number of benzene rings is 1.